The largest absolute Gasteiger partial charge is 0.328 e. The molecule has 1 aliphatic carbocycles. The molecule has 0 radical (unpaired) electrons. The summed E-state index contributed by atoms with van der Waals surface area (Å²) in [6.45, 7) is 2.26. The Labute approximate surface area is 112 Å². The fourth-order valence-electron chi connectivity index (χ4n) is 3.07. The van der Waals surface area contributed by atoms with Crippen LogP contribution in [0.4, 0.5) is 0 Å². The highest BCUT2D eigenvalue weighted by atomic mass is 14.6. The van der Waals surface area contributed by atoms with Crippen LogP contribution in [-0.4, -0.2) is 6.04 Å². The first-order chi connectivity index (χ1) is 8.81. The molecule has 0 saturated carbocycles. The lowest BCUT2D eigenvalue weighted by atomic mass is 9.74. The maximum Gasteiger partial charge on any atom is 0.00447 e. The second-order valence-corrected chi connectivity index (χ2v) is 5.80. The van der Waals surface area contributed by atoms with E-state index in [2.05, 4.69) is 31.2 Å². The third-order valence-corrected chi connectivity index (χ3v) is 4.23. The van der Waals surface area contributed by atoms with Crippen molar-refractivity contribution < 1.29 is 0 Å². The number of fused-ring (bicyclic) bond motifs is 1. The lowest BCUT2D eigenvalue weighted by Gasteiger charge is -2.32. The van der Waals surface area contributed by atoms with Gasteiger partial charge in [0.05, 0.1) is 0 Å². The molecule has 0 amide bonds. The van der Waals surface area contributed by atoms with Gasteiger partial charge in [0, 0.05) is 6.04 Å². The molecule has 1 aromatic rings. The third-order valence-electron chi connectivity index (χ3n) is 4.23. The van der Waals surface area contributed by atoms with Crippen LogP contribution in [0.25, 0.3) is 0 Å². The molecule has 1 nitrogen and oxygen atoms in total. The highest BCUT2D eigenvalue weighted by Gasteiger charge is 2.26. The Morgan fingerprint density at radius 1 is 1.17 bits per heavy atom. The van der Waals surface area contributed by atoms with E-state index in [4.69, 9.17) is 5.73 Å². The molecule has 0 bridgehead atoms. The summed E-state index contributed by atoms with van der Waals surface area (Å²) in [6, 6.07) is 9.23. The van der Waals surface area contributed by atoms with Gasteiger partial charge in [-0.25, -0.2) is 0 Å². The molecule has 18 heavy (non-hydrogen) atoms. The number of unbranched alkanes of at least 4 members (excludes halogenated alkanes) is 4. The lowest BCUT2D eigenvalue weighted by molar-refractivity contribution is 0.449. The van der Waals surface area contributed by atoms with Gasteiger partial charge in [-0.1, -0.05) is 63.3 Å². The van der Waals surface area contributed by atoms with Gasteiger partial charge in [-0.05, 0) is 36.3 Å². The van der Waals surface area contributed by atoms with Crippen molar-refractivity contribution in [1.29, 1.82) is 0 Å². The first-order valence-electron chi connectivity index (χ1n) is 7.64. The van der Waals surface area contributed by atoms with Gasteiger partial charge in [0.1, 0.15) is 0 Å². The highest BCUT2D eigenvalue weighted by Crippen LogP contribution is 2.38. The maximum absolute atomic E-state index is 6.26. The summed E-state index contributed by atoms with van der Waals surface area (Å²) in [7, 11) is 0. The Morgan fingerprint density at radius 2 is 1.94 bits per heavy atom. The van der Waals surface area contributed by atoms with Crippen molar-refractivity contribution >= 4 is 0 Å². The smallest absolute Gasteiger partial charge is 0.00447 e. The zero-order valence-electron chi connectivity index (χ0n) is 11.7. The van der Waals surface area contributed by atoms with Crippen LogP contribution in [0, 0.1) is 0 Å². The minimum absolute atomic E-state index is 0.407. The Bertz CT molecular complexity index is 358. The minimum atomic E-state index is 0.407. The maximum atomic E-state index is 6.26. The molecule has 100 valence electrons. The van der Waals surface area contributed by atoms with Gasteiger partial charge in [-0.15, -0.1) is 0 Å². The molecule has 0 aliphatic heterocycles. The van der Waals surface area contributed by atoms with E-state index < -0.39 is 0 Å². The standard InChI is InChI=1S/C17H27N/c1-2-3-4-5-6-10-16(18)13-15-12-14-9-7-8-11-17(14)15/h7-9,11,15-16H,2-6,10,12-13,18H2,1H3. The average molecular weight is 245 g/mol. The number of hydrogen-bond donors (Lipinski definition) is 1. The molecule has 0 aromatic heterocycles. The van der Waals surface area contributed by atoms with Gasteiger partial charge < -0.3 is 5.73 Å². The molecular formula is C17H27N. The van der Waals surface area contributed by atoms with Crippen molar-refractivity contribution in [1.82, 2.24) is 0 Å². The highest BCUT2D eigenvalue weighted by molar-refractivity contribution is 5.39. The Hall–Kier alpha value is -0.820. The average Bonchev–Trinajstić information content (AvgIpc) is 2.36. The Kier molecular flexibility index (Phi) is 5.25. The molecule has 2 atom stereocenters. The van der Waals surface area contributed by atoms with Gasteiger partial charge in [-0.2, -0.15) is 0 Å². The summed E-state index contributed by atoms with van der Waals surface area (Å²) in [5.41, 5.74) is 9.35. The molecule has 1 aliphatic rings. The van der Waals surface area contributed by atoms with Gasteiger partial charge >= 0.3 is 0 Å². The molecular weight excluding hydrogens is 218 g/mol. The van der Waals surface area contributed by atoms with Crippen LogP contribution < -0.4 is 5.73 Å². The predicted molar refractivity (Wildman–Crippen MR) is 78.9 cm³/mol. The monoisotopic (exact) mass is 245 g/mol. The van der Waals surface area contributed by atoms with E-state index in [1.54, 1.807) is 5.56 Å². The molecule has 2 N–H and O–H groups in total. The minimum Gasteiger partial charge on any atom is -0.328 e. The fourth-order valence-corrected chi connectivity index (χ4v) is 3.07. The summed E-state index contributed by atoms with van der Waals surface area (Å²) in [5, 5.41) is 0. The fraction of sp³-hybridized carbons (Fsp3) is 0.647. The summed E-state index contributed by atoms with van der Waals surface area (Å²) < 4.78 is 0. The van der Waals surface area contributed by atoms with Gasteiger partial charge in [0.25, 0.3) is 0 Å². The van der Waals surface area contributed by atoms with E-state index in [0.29, 0.717) is 6.04 Å². The van der Waals surface area contributed by atoms with E-state index in [-0.39, 0.29) is 0 Å². The number of rotatable bonds is 8. The first kappa shape index (κ1) is 13.6. The zero-order chi connectivity index (χ0) is 12.8. The summed E-state index contributed by atoms with van der Waals surface area (Å²) in [5.74, 6) is 0.742. The normalized spacial score (nSPS) is 19.1. The number of hydrogen-bond acceptors (Lipinski definition) is 1. The molecule has 0 fully saturated rings. The van der Waals surface area contributed by atoms with Crippen molar-refractivity contribution in [3.8, 4) is 0 Å². The second-order valence-electron chi connectivity index (χ2n) is 5.80. The van der Waals surface area contributed by atoms with Crippen LogP contribution in [0.2, 0.25) is 0 Å². The Morgan fingerprint density at radius 3 is 2.72 bits per heavy atom. The summed E-state index contributed by atoms with van der Waals surface area (Å²) in [6.07, 6.45) is 10.4. The van der Waals surface area contributed by atoms with Crippen molar-refractivity contribution in [3.05, 3.63) is 35.4 Å². The summed E-state index contributed by atoms with van der Waals surface area (Å²) >= 11 is 0. The van der Waals surface area contributed by atoms with Crippen LogP contribution in [0.3, 0.4) is 0 Å². The number of benzene rings is 1. The molecule has 0 saturated heterocycles. The van der Waals surface area contributed by atoms with Crippen LogP contribution in [0.15, 0.2) is 24.3 Å². The SMILES string of the molecule is CCCCCCCC(N)CC1Cc2ccccc21. The summed E-state index contributed by atoms with van der Waals surface area (Å²) in [4.78, 5) is 0. The van der Waals surface area contributed by atoms with E-state index in [1.165, 1.54) is 56.9 Å². The van der Waals surface area contributed by atoms with Gasteiger partial charge in [0.2, 0.25) is 0 Å². The van der Waals surface area contributed by atoms with Crippen molar-refractivity contribution in [3.63, 3.8) is 0 Å². The molecule has 1 heteroatoms. The topological polar surface area (TPSA) is 26.0 Å². The predicted octanol–water partition coefficient (Wildman–Crippen LogP) is 4.40. The van der Waals surface area contributed by atoms with Crippen LogP contribution in [-0.2, 0) is 6.42 Å². The van der Waals surface area contributed by atoms with E-state index in [9.17, 15) is 0 Å². The quantitative estimate of drug-likeness (QED) is 0.675. The molecule has 1 aromatic carbocycles. The van der Waals surface area contributed by atoms with Gasteiger partial charge in [0.15, 0.2) is 0 Å². The van der Waals surface area contributed by atoms with Crippen LogP contribution in [0.1, 0.15) is 68.9 Å². The molecule has 2 rings (SSSR count). The molecule has 2 unspecified atom stereocenters. The van der Waals surface area contributed by atoms with E-state index in [0.717, 1.165) is 5.92 Å². The van der Waals surface area contributed by atoms with Crippen molar-refractivity contribution in [2.24, 2.45) is 5.73 Å². The van der Waals surface area contributed by atoms with E-state index >= 15 is 0 Å². The number of nitrogens with two attached hydrogens (primary N) is 1. The van der Waals surface area contributed by atoms with E-state index in [1.807, 2.05) is 0 Å². The van der Waals surface area contributed by atoms with Crippen molar-refractivity contribution in [2.45, 2.75) is 70.3 Å². The van der Waals surface area contributed by atoms with Crippen LogP contribution >= 0.6 is 0 Å². The molecule has 0 heterocycles. The van der Waals surface area contributed by atoms with Gasteiger partial charge in [-0.3, -0.25) is 0 Å². The lowest BCUT2D eigenvalue weighted by Crippen LogP contribution is -2.27. The van der Waals surface area contributed by atoms with Crippen molar-refractivity contribution in [2.75, 3.05) is 0 Å². The first-order valence-corrected chi connectivity index (χ1v) is 7.64. The third kappa shape index (κ3) is 3.58. The second kappa shape index (κ2) is 6.94. The van der Waals surface area contributed by atoms with Crippen LogP contribution in [0.5, 0.6) is 0 Å². The zero-order valence-corrected chi connectivity index (χ0v) is 11.7. The Balaban J connectivity index is 1.63. The molecule has 0 spiro atoms.